The molecule has 3 fully saturated rings. The summed E-state index contributed by atoms with van der Waals surface area (Å²) in [7, 11) is 1.36. The molecule has 2 heterocycles. The summed E-state index contributed by atoms with van der Waals surface area (Å²) in [6, 6.07) is 11.6. The van der Waals surface area contributed by atoms with E-state index in [2.05, 4.69) is 29.3 Å². The predicted octanol–water partition coefficient (Wildman–Crippen LogP) is 4.62. The van der Waals surface area contributed by atoms with Gasteiger partial charge in [0.1, 0.15) is 5.75 Å². The molecule has 1 N–H and O–H groups in total. The van der Waals surface area contributed by atoms with E-state index in [1.54, 1.807) is 17.0 Å². The van der Waals surface area contributed by atoms with Gasteiger partial charge >= 0.3 is 12.0 Å². The van der Waals surface area contributed by atoms with Crippen LogP contribution >= 0.6 is 0 Å². The van der Waals surface area contributed by atoms with Crippen LogP contribution in [0.2, 0.25) is 0 Å². The van der Waals surface area contributed by atoms with Gasteiger partial charge in [-0.3, -0.25) is 9.80 Å². The van der Waals surface area contributed by atoms with Gasteiger partial charge in [-0.05, 0) is 92.5 Å². The van der Waals surface area contributed by atoms with E-state index in [-0.39, 0.29) is 17.5 Å². The second kappa shape index (κ2) is 9.53. The molecule has 0 aromatic heterocycles. The maximum Gasteiger partial charge on any atom is 0.337 e. The second-order valence-electron chi connectivity index (χ2n) is 10.1. The number of hydrogen-bond donors (Lipinski definition) is 1. The highest BCUT2D eigenvalue weighted by atomic mass is 16.5. The van der Waals surface area contributed by atoms with Crippen LogP contribution in [-0.2, 0) is 11.3 Å². The number of methoxy groups -OCH3 is 1. The van der Waals surface area contributed by atoms with Crippen LogP contribution in [0.1, 0.15) is 65.6 Å². The van der Waals surface area contributed by atoms with Crippen molar-refractivity contribution in [3.63, 3.8) is 0 Å². The third kappa shape index (κ3) is 4.87. The molecule has 5 rings (SSSR count). The number of aryl methyl sites for hydroxylation is 1. The lowest BCUT2D eigenvalue weighted by Gasteiger charge is -2.39. The van der Waals surface area contributed by atoms with E-state index < -0.39 is 0 Å². The Morgan fingerprint density at radius 2 is 1.86 bits per heavy atom. The summed E-state index contributed by atoms with van der Waals surface area (Å²) in [4.78, 5) is 28.9. The number of nitrogens with one attached hydrogen (secondary N) is 1. The molecule has 0 atom stereocenters. The minimum absolute atomic E-state index is 0.0693. The van der Waals surface area contributed by atoms with E-state index >= 15 is 0 Å². The number of urea groups is 1. The fourth-order valence-electron chi connectivity index (χ4n) is 5.45. The minimum Gasteiger partial charge on any atom is -0.494 e. The van der Waals surface area contributed by atoms with Crippen LogP contribution in [0.15, 0.2) is 36.4 Å². The number of anilines is 1. The highest BCUT2D eigenvalue weighted by Crippen LogP contribution is 2.44. The Labute approximate surface area is 207 Å². The second-order valence-corrected chi connectivity index (χ2v) is 10.1. The molecular weight excluding hydrogens is 442 g/mol. The molecule has 7 nitrogen and oxygen atoms in total. The lowest BCUT2D eigenvalue weighted by Crippen LogP contribution is -2.52. The van der Waals surface area contributed by atoms with E-state index in [9.17, 15) is 9.59 Å². The molecule has 2 aliphatic heterocycles. The third-order valence-electron chi connectivity index (χ3n) is 7.64. The van der Waals surface area contributed by atoms with Crippen LogP contribution in [0.3, 0.4) is 0 Å². The number of benzene rings is 2. The van der Waals surface area contributed by atoms with Crippen molar-refractivity contribution in [3.05, 3.63) is 58.7 Å². The largest absolute Gasteiger partial charge is 0.494 e. The number of nitrogens with zero attached hydrogens (tertiary/aromatic N) is 2. The number of rotatable bonds is 7. The molecule has 1 aliphatic carbocycles. The quantitative estimate of drug-likeness (QED) is 0.589. The zero-order chi connectivity index (χ0) is 24.6. The summed E-state index contributed by atoms with van der Waals surface area (Å²) >= 11 is 0. The van der Waals surface area contributed by atoms with Crippen molar-refractivity contribution in [1.82, 2.24) is 10.2 Å². The number of likely N-dealkylation sites (tertiary alicyclic amines) is 1. The monoisotopic (exact) mass is 477 g/mol. The van der Waals surface area contributed by atoms with Crippen molar-refractivity contribution in [3.8, 4) is 5.75 Å². The Morgan fingerprint density at radius 3 is 2.49 bits per heavy atom. The molecule has 35 heavy (non-hydrogen) atoms. The molecule has 0 unspecified atom stereocenters. The molecule has 2 aromatic rings. The van der Waals surface area contributed by atoms with Crippen molar-refractivity contribution in [2.75, 3.05) is 38.3 Å². The molecule has 1 spiro atoms. The summed E-state index contributed by atoms with van der Waals surface area (Å²) in [6.45, 7) is 8.30. The summed E-state index contributed by atoms with van der Waals surface area (Å²) in [5.74, 6) is 1.32. The first-order chi connectivity index (χ1) is 16.9. The first-order valence-electron chi connectivity index (χ1n) is 12.7. The SMILES string of the molecule is CCOc1cc(CN2CCC3(CC2)CN(c2ccc(C(=O)OC)cc2)C(=O)N3)c(C2CC2)cc1C. The van der Waals surface area contributed by atoms with Gasteiger partial charge < -0.3 is 14.8 Å². The van der Waals surface area contributed by atoms with E-state index in [4.69, 9.17) is 9.47 Å². The molecule has 2 aromatic carbocycles. The molecule has 186 valence electrons. The summed E-state index contributed by atoms with van der Waals surface area (Å²) in [6.07, 6.45) is 4.40. The lowest BCUT2D eigenvalue weighted by molar-refractivity contribution is 0.0600. The molecule has 1 saturated carbocycles. The number of esters is 1. The first kappa shape index (κ1) is 23.7. The van der Waals surface area contributed by atoms with Gasteiger partial charge in [0.15, 0.2) is 0 Å². The molecule has 0 radical (unpaired) electrons. The Balaban J connectivity index is 1.24. The minimum atomic E-state index is -0.377. The van der Waals surface area contributed by atoms with Crippen molar-refractivity contribution in [2.24, 2.45) is 0 Å². The summed E-state index contributed by atoms with van der Waals surface area (Å²) in [5.41, 5.74) is 5.17. The zero-order valence-corrected chi connectivity index (χ0v) is 20.9. The van der Waals surface area contributed by atoms with E-state index in [1.165, 1.54) is 36.6 Å². The lowest BCUT2D eigenvalue weighted by atomic mass is 9.87. The first-order valence-corrected chi connectivity index (χ1v) is 12.7. The number of carbonyl (C=O) groups excluding carboxylic acids is 2. The van der Waals surface area contributed by atoms with Gasteiger partial charge in [0.2, 0.25) is 0 Å². The van der Waals surface area contributed by atoms with Gasteiger partial charge in [-0.2, -0.15) is 0 Å². The Hall–Kier alpha value is -3.06. The van der Waals surface area contributed by atoms with E-state index in [0.717, 1.165) is 43.9 Å². The maximum absolute atomic E-state index is 12.8. The number of carbonyl (C=O) groups is 2. The Morgan fingerprint density at radius 1 is 1.14 bits per heavy atom. The Kier molecular flexibility index (Phi) is 6.45. The van der Waals surface area contributed by atoms with E-state index in [0.29, 0.717) is 24.6 Å². The number of piperidine rings is 1. The van der Waals surface area contributed by atoms with Gasteiger partial charge in [0.05, 0.1) is 31.4 Å². The number of ether oxygens (including phenoxy) is 2. The topological polar surface area (TPSA) is 71.1 Å². The van der Waals surface area contributed by atoms with Gasteiger partial charge in [-0.25, -0.2) is 9.59 Å². The maximum atomic E-state index is 12.8. The van der Waals surface area contributed by atoms with Crippen LogP contribution in [0.25, 0.3) is 0 Å². The molecule has 2 saturated heterocycles. The summed E-state index contributed by atoms with van der Waals surface area (Å²) in [5, 5.41) is 3.27. The standard InChI is InChI=1S/C28H35N3O4/c1-4-35-25-16-22(24(15-19(25)2)20-5-6-20)17-30-13-11-28(12-14-30)18-31(27(33)29-28)23-9-7-21(8-10-23)26(32)34-3/h7-10,15-16,20H,4-6,11-14,17-18H2,1-3H3,(H,29,33). The number of hydrogen-bond acceptors (Lipinski definition) is 5. The normalized spacial score (nSPS) is 19.6. The van der Waals surface area contributed by atoms with Crippen molar-refractivity contribution >= 4 is 17.7 Å². The van der Waals surface area contributed by atoms with Crippen molar-refractivity contribution in [2.45, 2.75) is 57.5 Å². The van der Waals surface area contributed by atoms with Gasteiger partial charge in [0.25, 0.3) is 0 Å². The van der Waals surface area contributed by atoms with Gasteiger partial charge in [0, 0.05) is 25.3 Å². The predicted molar refractivity (Wildman–Crippen MR) is 135 cm³/mol. The Bertz CT molecular complexity index is 1100. The summed E-state index contributed by atoms with van der Waals surface area (Å²) < 4.78 is 10.7. The highest BCUT2D eigenvalue weighted by Gasteiger charge is 2.45. The molecule has 7 heteroatoms. The zero-order valence-electron chi connectivity index (χ0n) is 20.9. The van der Waals surface area contributed by atoms with Crippen LogP contribution < -0.4 is 15.0 Å². The van der Waals surface area contributed by atoms with Crippen LogP contribution in [0.4, 0.5) is 10.5 Å². The molecule has 2 amide bonds. The highest BCUT2D eigenvalue weighted by molar-refractivity contribution is 5.96. The van der Waals surface area contributed by atoms with Crippen molar-refractivity contribution in [1.29, 1.82) is 0 Å². The van der Waals surface area contributed by atoms with Crippen molar-refractivity contribution < 1.29 is 19.1 Å². The molecule has 0 bridgehead atoms. The van der Waals surface area contributed by atoms with Crippen LogP contribution in [0.5, 0.6) is 5.75 Å². The average Bonchev–Trinajstić information content (AvgIpc) is 3.66. The van der Waals surface area contributed by atoms with Crippen LogP contribution in [0, 0.1) is 6.92 Å². The van der Waals surface area contributed by atoms with Gasteiger partial charge in [-0.1, -0.05) is 6.07 Å². The van der Waals surface area contributed by atoms with Crippen LogP contribution in [-0.4, -0.2) is 55.8 Å². The molecular formula is C28H35N3O4. The fraction of sp³-hybridized carbons (Fsp3) is 0.500. The third-order valence-corrected chi connectivity index (χ3v) is 7.64. The number of amides is 2. The molecule has 3 aliphatic rings. The van der Waals surface area contributed by atoms with E-state index in [1.807, 2.05) is 19.1 Å². The smallest absolute Gasteiger partial charge is 0.337 e. The fourth-order valence-corrected chi connectivity index (χ4v) is 5.45. The van der Waals surface area contributed by atoms with Gasteiger partial charge in [-0.15, -0.1) is 0 Å². The average molecular weight is 478 g/mol.